The van der Waals surface area contributed by atoms with E-state index in [1.165, 1.54) is 88.3 Å². The molecule has 6 heteroatoms. The van der Waals surface area contributed by atoms with E-state index in [9.17, 15) is 0 Å². The smallest absolute Gasteiger partial charge is 0.0925 e. The fourth-order valence-corrected chi connectivity index (χ4v) is 7.50. The molecular formula is C50H52Cl2O2SiZr-2. The van der Waals surface area contributed by atoms with Crippen molar-refractivity contribution in [2.75, 3.05) is 0 Å². The Bertz CT molecular complexity index is 2470. The maximum absolute atomic E-state index is 5.94. The minimum Gasteiger partial charge on any atom is -0.496 e. The summed E-state index contributed by atoms with van der Waals surface area (Å²) in [6.45, 7) is 25.6. The van der Waals surface area contributed by atoms with Gasteiger partial charge in [0.05, 0.1) is 23.0 Å². The maximum atomic E-state index is 5.94. The number of benzene rings is 4. The van der Waals surface area contributed by atoms with Gasteiger partial charge in [-0.1, -0.05) is 93.0 Å². The molecule has 0 aliphatic rings. The topological polar surface area (TPSA) is 26.3 Å². The van der Waals surface area contributed by atoms with Crippen LogP contribution in [-0.4, -0.2) is 5.43 Å². The first-order valence-electron chi connectivity index (χ1n) is 19.2. The summed E-state index contributed by atoms with van der Waals surface area (Å²) in [5.74, 6) is 3.89. The molecule has 2 aromatic heterocycles. The molecule has 0 atom stereocenters. The second-order valence-electron chi connectivity index (χ2n) is 15.7. The average Bonchev–Trinajstić information content (AvgIpc) is 3.90. The van der Waals surface area contributed by atoms with Crippen LogP contribution < -0.4 is 0 Å². The van der Waals surface area contributed by atoms with Gasteiger partial charge in [0.2, 0.25) is 0 Å². The summed E-state index contributed by atoms with van der Waals surface area (Å²) in [5, 5.41) is 5.13. The summed E-state index contributed by atoms with van der Waals surface area (Å²) in [5.41, 5.74) is 17.6. The second-order valence-corrected chi connectivity index (χ2v) is 38.7. The van der Waals surface area contributed by atoms with E-state index in [0.717, 1.165) is 34.2 Å². The predicted octanol–water partition coefficient (Wildman–Crippen LogP) is 16.2. The molecule has 2 nitrogen and oxygen atoms in total. The van der Waals surface area contributed by atoms with E-state index >= 15 is 0 Å². The molecule has 8 aromatic rings. The minimum atomic E-state index is -1.65. The molecule has 0 radical (unpaired) electrons. The summed E-state index contributed by atoms with van der Waals surface area (Å²) in [4.78, 5) is 0. The van der Waals surface area contributed by atoms with Gasteiger partial charge in [-0.25, -0.2) is 0 Å². The van der Waals surface area contributed by atoms with Crippen molar-refractivity contribution in [3.63, 3.8) is 0 Å². The largest absolute Gasteiger partial charge is 0.496 e. The molecule has 2 heterocycles. The normalized spacial score (nSPS) is 11.0. The van der Waals surface area contributed by atoms with Crippen molar-refractivity contribution in [1.82, 2.24) is 0 Å². The number of rotatable bonds is 4. The molecular weight excluding hydrogens is 823 g/mol. The van der Waals surface area contributed by atoms with Crippen molar-refractivity contribution in [2.24, 2.45) is 0 Å². The van der Waals surface area contributed by atoms with Crippen LogP contribution >= 0.6 is 17.0 Å². The van der Waals surface area contributed by atoms with Crippen LogP contribution in [0.1, 0.15) is 56.0 Å². The zero-order valence-corrected chi connectivity index (χ0v) is 39.8. The summed E-state index contributed by atoms with van der Waals surface area (Å²) in [6, 6.07) is 35.7. The van der Waals surface area contributed by atoms with Gasteiger partial charge in [0.1, 0.15) is 0 Å². The monoisotopic (exact) mass is 872 g/mol. The van der Waals surface area contributed by atoms with Gasteiger partial charge in [-0.05, 0) is 115 Å². The molecule has 0 unspecified atom stereocenters. The summed E-state index contributed by atoms with van der Waals surface area (Å²) < 4.78 is 11.9. The van der Waals surface area contributed by atoms with E-state index in [4.69, 9.17) is 25.9 Å². The van der Waals surface area contributed by atoms with E-state index < -0.39 is 18.0 Å². The summed E-state index contributed by atoms with van der Waals surface area (Å²) in [6.07, 6.45) is 0. The van der Waals surface area contributed by atoms with Crippen molar-refractivity contribution in [1.29, 1.82) is 0 Å². The molecule has 0 fully saturated rings. The molecule has 0 saturated heterocycles. The number of aryl methyl sites for hydroxylation is 10. The van der Waals surface area contributed by atoms with E-state index in [2.05, 4.69) is 166 Å². The molecule has 6 aromatic carbocycles. The molecule has 8 rings (SSSR count). The predicted molar refractivity (Wildman–Crippen MR) is 242 cm³/mol. The summed E-state index contributed by atoms with van der Waals surface area (Å²) in [7, 11) is 11.2. The van der Waals surface area contributed by atoms with E-state index in [1.54, 1.807) is 0 Å². The first-order chi connectivity index (χ1) is 26.5. The Morgan fingerprint density at radius 1 is 0.464 bits per heavy atom. The van der Waals surface area contributed by atoms with Crippen LogP contribution in [0.4, 0.5) is 0 Å². The average molecular weight is 875 g/mol. The maximum Gasteiger partial charge on any atom is 0.0925 e. The second kappa shape index (κ2) is 17.5. The molecule has 0 aliphatic heterocycles. The van der Waals surface area contributed by atoms with Crippen molar-refractivity contribution < 1.29 is 26.8 Å². The van der Waals surface area contributed by atoms with Gasteiger partial charge in [-0.3, -0.25) is 0 Å². The Morgan fingerprint density at radius 3 is 1.09 bits per heavy atom. The summed E-state index contributed by atoms with van der Waals surface area (Å²) >= 11 is -1.65. The molecule has 288 valence electrons. The number of fused-ring (bicyclic) bond motifs is 2. The first kappa shape index (κ1) is 42.0. The number of hydrogen-bond acceptors (Lipinski definition) is 2. The van der Waals surface area contributed by atoms with Gasteiger partial charge in [0.25, 0.3) is 0 Å². The van der Waals surface area contributed by atoms with Crippen molar-refractivity contribution >= 4 is 44.0 Å². The fraction of sp³-hybridized carbons (Fsp3) is 0.240. The SMILES string of the molecule is C[Si](C)=[Zr]([Cl])[Cl].Cc1cc(C)cc(-c2c(C)ccc3[cH-]c(-c4cc(C)c(C)o4)cc23)c1.Cc1cc(C)cc(-c2c(C)ccc3[cH-]c(-c4cc(C)c(C)o4)cc23)c1. The van der Waals surface area contributed by atoms with Crippen LogP contribution in [0.15, 0.2) is 106 Å². The van der Waals surface area contributed by atoms with Crippen LogP contribution in [0.25, 0.3) is 66.4 Å². The van der Waals surface area contributed by atoms with E-state index in [0.29, 0.717) is 0 Å². The number of hydrogen-bond donors (Lipinski definition) is 0. The molecule has 0 aliphatic carbocycles. The van der Waals surface area contributed by atoms with Gasteiger partial charge in [-0.15, -0.1) is 57.9 Å². The van der Waals surface area contributed by atoms with Gasteiger partial charge in [0.15, 0.2) is 0 Å². The van der Waals surface area contributed by atoms with Gasteiger partial charge in [-0.2, -0.15) is 0 Å². The fourth-order valence-electron chi connectivity index (χ4n) is 7.50. The van der Waals surface area contributed by atoms with Crippen LogP contribution in [0.2, 0.25) is 13.1 Å². The van der Waals surface area contributed by atoms with Crippen LogP contribution in [0.3, 0.4) is 0 Å². The zero-order chi connectivity index (χ0) is 40.6. The van der Waals surface area contributed by atoms with Crippen molar-refractivity contribution in [3.8, 4) is 44.9 Å². The Morgan fingerprint density at radius 2 is 0.804 bits per heavy atom. The third kappa shape index (κ3) is 9.37. The van der Waals surface area contributed by atoms with Crippen molar-refractivity contribution in [2.45, 2.75) is 82.3 Å². The zero-order valence-electron chi connectivity index (χ0n) is 34.8. The Balaban J connectivity index is 0.000000166. The minimum absolute atomic E-state index is 0.224. The Labute approximate surface area is 348 Å². The van der Waals surface area contributed by atoms with Gasteiger partial charge in [0, 0.05) is 0 Å². The Hall–Kier alpha value is -3.66. The first-order valence-corrected chi connectivity index (χ1v) is 31.7. The molecule has 0 saturated carbocycles. The van der Waals surface area contributed by atoms with Gasteiger partial charge >= 0.3 is 53.5 Å². The van der Waals surface area contributed by atoms with Crippen LogP contribution in [0.5, 0.6) is 0 Å². The van der Waals surface area contributed by atoms with Gasteiger partial charge < -0.3 is 8.83 Å². The number of halogens is 2. The Kier molecular flexibility index (Phi) is 13.1. The molecule has 0 bridgehead atoms. The quantitative estimate of drug-likeness (QED) is 0.130. The van der Waals surface area contributed by atoms with E-state index in [1.807, 2.05) is 13.8 Å². The molecule has 0 N–H and O–H groups in total. The standard InChI is InChI=1S/2C24H23O.C2H6Si.2ClH.Zr/c2*1-14-8-15(2)10-21(9-14)24-16(3)6-7-19-12-20(13-22(19)24)23-11-17(4)18(5)25-23;1-3-2;;;/h2*6-13H,1-5H3;1-2H3;2*1H;/q2*-1;;;;+2/p-2. The third-order valence-corrected chi connectivity index (χ3v) is 30.2. The molecule has 0 amide bonds. The van der Waals surface area contributed by atoms with Crippen LogP contribution in [0, 0.1) is 69.2 Å². The van der Waals surface area contributed by atoms with E-state index in [-0.39, 0.29) is 5.43 Å². The third-order valence-electron chi connectivity index (χ3n) is 10.5. The van der Waals surface area contributed by atoms with Crippen molar-refractivity contribution in [3.05, 3.63) is 153 Å². The van der Waals surface area contributed by atoms with Crippen LogP contribution in [-0.2, 0) is 18.0 Å². The molecule has 56 heavy (non-hydrogen) atoms. The molecule has 0 spiro atoms. The number of furan rings is 2.